The van der Waals surface area contributed by atoms with Crippen LogP contribution in [0.15, 0.2) is 18.2 Å². The van der Waals surface area contributed by atoms with E-state index in [9.17, 15) is 9.59 Å². The van der Waals surface area contributed by atoms with Crippen LogP contribution in [0.2, 0.25) is 0 Å². The fourth-order valence-corrected chi connectivity index (χ4v) is 1.77. The number of carbonyl (C=O) groups is 2. The molecule has 1 rings (SSSR count). The van der Waals surface area contributed by atoms with Gasteiger partial charge in [-0.3, -0.25) is 9.59 Å². The molecule has 0 aliphatic carbocycles. The average Bonchev–Trinajstić information content (AvgIpc) is 2.47. The Bertz CT molecular complexity index is 465. The van der Waals surface area contributed by atoms with Crippen LogP contribution in [0, 0.1) is 0 Å². The van der Waals surface area contributed by atoms with Crippen LogP contribution in [0.3, 0.4) is 0 Å². The molecule has 0 spiro atoms. The number of para-hydroxylation sites is 1. The van der Waals surface area contributed by atoms with Gasteiger partial charge in [0, 0.05) is 24.9 Å². The zero-order valence-corrected chi connectivity index (χ0v) is 12.4. The summed E-state index contributed by atoms with van der Waals surface area (Å²) in [4.78, 5) is 23.0. The summed E-state index contributed by atoms with van der Waals surface area (Å²) < 4.78 is 15.2. The lowest BCUT2D eigenvalue weighted by Crippen LogP contribution is -2.12. The second kappa shape index (κ2) is 8.97. The Morgan fingerprint density at radius 1 is 1.19 bits per heavy atom. The minimum absolute atomic E-state index is 0.126. The Balaban J connectivity index is 2.57. The molecule has 0 atom stereocenters. The summed E-state index contributed by atoms with van der Waals surface area (Å²) in [5.41, 5.74) is 6.30. The summed E-state index contributed by atoms with van der Waals surface area (Å²) in [7, 11) is 1.49. The smallest absolute Gasteiger partial charge is 0.311 e. The number of hydrogen-bond acceptors (Lipinski definition) is 6. The van der Waals surface area contributed by atoms with Crippen molar-refractivity contribution in [2.75, 3.05) is 13.7 Å². The number of benzene rings is 1. The van der Waals surface area contributed by atoms with Crippen molar-refractivity contribution < 1.29 is 23.8 Å². The second-order valence-corrected chi connectivity index (χ2v) is 4.29. The van der Waals surface area contributed by atoms with Crippen molar-refractivity contribution in [3.05, 3.63) is 23.8 Å². The van der Waals surface area contributed by atoms with Crippen molar-refractivity contribution in [2.24, 2.45) is 5.73 Å². The van der Waals surface area contributed by atoms with Crippen LogP contribution < -0.4 is 15.2 Å². The fraction of sp³-hybridized carbons (Fsp3) is 0.467. The SMILES string of the molecule is CCOC(=O)CCCC(=O)Oc1c(CN)cccc1OC. The van der Waals surface area contributed by atoms with Gasteiger partial charge in [-0.25, -0.2) is 0 Å². The maximum atomic E-state index is 11.8. The predicted octanol–water partition coefficient (Wildman–Crippen LogP) is 1.79. The predicted molar refractivity (Wildman–Crippen MR) is 77.0 cm³/mol. The van der Waals surface area contributed by atoms with E-state index in [1.54, 1.807) is 25.1 Å². The van der Waals surface area contributed by atoms with Gasteiger partial charge >= 0.3 is 11.9 Å². The standard InChI is InChI=1S/C15H21NO5/c1-3-20-13(17)8-5-9-14(18)21-15-11(10-16)6-4-7-12(15)19-2/h4,6-7H,3,5,8-10,16H2,1-2H3. The van der Waals surface area contributed by atoms with E-state index in [1.165, 1.54) is 7.11 Å². The van der Waals surface area contributed by atoms with Crippen molar-refractivity contribution in [3.8, 4) is 11.5 Å². The molecule has 1 aromatic carbocycles. The van der Waals surface area contributed by atoms with Gasteiger partial charge in [-0.05, 0) is 19.4 Å². The van der Waals surface area contributed by atoms with E-state index in [0.717, 1.165) is 0 Å². The Labute approximate surface area is 124 Å². The van der Waals surface area contributed by atoms with Gasteiger partial charge in [0.1, 0.15) is 0 Å². The molecule has 0 bridgehead atoms. The third kappa shape index (κ3) is 5.43. The van der Waals surface area contributed by atoms with Crippen LogP contribution >= 0.6 is 0 Å². The van der Waals surface area contributed by atoms with Crippen LogP contribution in [0.4, 0.5) is 0 Å². The number of carbonyl (C=O) groups excluding carboxylic acids is 2. The molecule has 0 aliphatic heterocycles. The topological polar surface area (TPSA) is 87.9 Å². The van der Waals surface area contributed by atoms with Crippen molar-refractivity contribution in [2.45, 2.75) is 32.7 Å². The van der Waals surface area contributed by atoms with E-state index >= 15 is 0 Å². The Morgan fingerprint density at radius 3 is 2.52 bits per heavy atom. The largest absolute Gasteiger partial charge is 0.493 e. The summed E-state index contributed by atoms with van der Waals surface area (Å²) in [6.45, 7) is 2.31. The van der Waals surface area contributed by atoms with E-state index in [-0.39, 0.29) is 25.4 Å². The summed E-state index contributed by atoms with van der Waals surface area (Å²) in [5.74, 6) is 0.0454. The Hall–Kier alpha value is -2.08. The fourth-order valence-electron chi connectivity index (χ4n) is 1.77. The van der Waals surface area contributed by atoms with Gasteiger partial charge in [0.25, 0.3) is 0 Å². The molecular formula is C15H21NO5. The minimum Gasteiger partial charge on any atom is -0.493 e. The summed E-state index contributed by atoms with van der Waals surface area (Å²) in [6, 6.07) is 5.24. The van der Waals surface area contributed by atoms with E-state index in [4.69, 9.17) is 19.9 Å². The molecule has 6 heteroatoms. The molecule has 0 fully saturated rings. The van der Waals surface area contributed by atoms with E-state index in [1.807, 2.05) is 0 Å². The van der Waals surface area contributed by atoms with Gasteiger partial charge in [-0.2, -0.15) is 0 Å². The highest BCUT2D eigenvalue weighted by Crippen LogP contribution is 2.31. The monoisotopic (exact) mass is 295 g/mol. The van der Waals surface area contributed by atoms with Gasteiger partial charge in [0.15, 0.2) is 11.5 Å². The quantitative estimate of drug-likeness (QED) is 0.581. The molecule has 2 N–H and O–H groups in total. The summed E-state index contributed by atoms with van der Waals surface area (Å²) in [5, 5.41) is 0. The molecule has 1 aromatic rings. The lowest BCUT2D eigenvalue weighted by Gasteiger charge is -2.12. The van der Waals surface area contributed by atoms with Gasteiger partial charge in [0.2, 0.25) is 0 Å². The van der Waals surface area contributed by atoms with Crippen LogP contribution in [-0.4, -0.2) is 25.7 Å². The van der Waals surface area contributed by atoms with E-state index in [0.29, 0.717) is 30.1 Å². The first kappa shape index (κ1) is 17.0. The van der Waals surface area contributed by atoms with Crippen molar-refractivity contribution in [3.63, 3.8) is 0 Å². The van der Waals surface area contributed by atoms with Crippen molar-refractivity contribution in [1.82, 2.24) is 0 Å². The molecule has 6 nitrogen and oxygen atoms in total. The normalized spacial score (nSPS) is 10.0. The summed E-state index contributed by atoms with van der Waals surface area (Å²) >= 11 is 0. The van der Waals surface area contributed by atoms with Crippen molar-refractivity contribution in [1.29, 1.82) is 0 Å². The number of nitrogens with two attached hydrogens (primary N) is 1. The number of rotatable bonds is 8. The van der Waals surface area contributed by atoms with Crippen LogP contribution in [0.25, 0.3) is 0 Å². The number of esters is 2. The first-order chi connectivity index (χ1) is 10.1. The van der Waals surface area contributed by atoms with Gasteiger partial charge in [-0.1, -0.05) is 12.1 Å². The molecule has 116 valence electrons. The molecule has 0 aliphatic rings. The second-order valence-electron chi connectivity index (χ2n) is 4.29. The van der Waals surface area contributed by atoms with Crippen LogP contribution in [0.5, 0.6) is 11.5 Å². The maximum Gasteiger partial charge on any atom is 0.311 e. The molecule has 0 saturated carbocycles. The Morgan fingerprint density at radius 2 is 1.90 bits per heavy atom. The molecule has 0 radical (unpaired) electrons. The van der Waals surface area contributed by atoms with Gasteiger partial charge < -0.3 is 19.9 Å². The van der Waals surface area contributed by atoms with Crippen molar-refractivity contribution >= 4 is 11.9 Å². The van der Waals surface area contributed by atoms with Crippen LogP contribution in [0.1, 0.15) is 31.7 Å². The average molecular weight is 295 g/mol. The van der Waals surface area contributed by atoms with Gasteiger partial charge in [-0.15, -0.1) is 0 Å². The lowest BCUT2D eigenvalue weighted by atomic mass is 10.2. The number of hydrogen-bond donors (Lipinski definition) is 1. The minimum atomic E-state index is -0.432. The first-order valence-corrected chi connectivity index (χ1v) is 6.84. The molecule has 0 amide bonds. The highest BCUT2D eigenvalue weighted by atomic mass is 16.6. The highest BCUT2D eigenvalue weighted by Gasteiger charge is 2.14. The van der Waals surface area contributed by atoms with E-state index < -0.39 is 5.97 Å². The third-order valence-electron chi connectivity index (χ3n) is 2.78. The maximum absolute atomic E-state index is 11.8. The highest BCUT2D eigenvalue weighted by molar-refractivity contribution is 5.75. The molecule has 0 heterocycles. The lowest BCUT2D eigenvalue weighted by molar-refractivity contribution is -0.143. The third-order valence-corrected chi connectivity index (χ3v) is 2.78. The Kier molecular flexibility index (Phi) is 7.25. The molecular weight excluding hydrogens is 274 g/mol. The zero-order chi connectivity index (χ0) is 15.7. The van der Waals surface area contributed by atoms with Crippen LogP contribution in [-0.2, 0) is 20.9 Å². The molecule has 0 aromatic heterocycles. The number of methoxy groups -OCH3 is 1. The molecule has 21 heavy (non-hydrogen) atoms. The van der Waals surface area contributed by atoms with Gasteiger partial charge in [0.05, 0.1) is 13.7 Å². The molecule has 0 saturated heterocycles. The summed E-state index contributed by atoms with van der Waals surface area (Å²) in [6.07, 6.45) is 0.699. The molecule has 0 unspecified atom stereocenters. The van der Waals surface area contributed by atoms with E-state index in [2.05, 4.69) is 0 Å². The number of ether oxygens (including phenoxy) is 3. The first-order valence-electron chi connectivity index (χ1n) is 6.84. The zero-order valence-electron chi connectivity index (χ0n) is 12.4.